The molecule has 0 aliphatic carbocycles. The summed E-state index contributed by atoms with van der Waals surface area (Å²) in [6.07, 6.45) is 0.396. The highest BCUT2D eigenvalue weighted by molar-refractivity contribution is 7.09. The van der Waals surface area contributed by atoms with Crippen molar-refractivity contribution >= 4 is 46.4 Å². The number of carbonyl (C=O) groups excluding carboxylic acids is 2. The van der Waals surface area contributed by atoms with E-state index in [-0.39, 0.29) is 18.4 Å². The fraction of sp³-hybridized carbons (Fsp3) is 0.235. The number of hydrogen-bond donors (Lipinski definition) is 2. The lowest BCUT2D eigenvalue weighted by Gasteiger charge is -2.10. The van der Waals surface area contributed by atoms with Crippen molar-refractivity contribution in [2.24, 2.45) is 0 Å². The minimum absolute atomic E-state index is 0.193. The van der Waals surface area contributed by atoms with E-state index in [9.17, 15) is 9.59 Å². The number of aryl methyl sites for hydroxylation is 1. The van der Waals surface area contributed by atoms with Gasteiger partial charge in [0.25, 0.3) is 11.8 Å². The molecule has 0 aliphatic heterocycles. The fourth-order valence-corrected chi connectivity index (χ4v) is 2.78. The Bertz CT molecular complexity index is 823. The first kappa shape index (κ1) is 20.2. The van der Waals surface area contributed by atoms with Crippen LogP contribution in [0, 0.1) is 6.92 Å². The molecule has 26 heavy (non-hydrogen) atoms. The Morgan fingerprint density at radius 2 is 2.08 bits per heavy atom. The van der Waals surface area contributed by atoms with Crippen LogP contribution in [-0.4, -0.2) is 29.9 Å². The molecule has 0 aliphatic rings. The number of aromatic nitrogens is 1. The van der Waals surface area contributed by atoms with Crippen LogP contribution < -0.4 is 15.4 Å². The first-order valence-corrected chi connectivity index (χ1v) is 9.24. The Kier molecular flexibility index (Phi) is 7.44. The maximum atomic E-state index is 11.8. The maximum Gasteiger partial charge on any atom is 0.270 e. The van der Waals surface area contributed by atoms with Gasteiger partial charge in [-0.05, 0) is 19.1 Å². The summed E-state index contributed by atoms with van der Waals surface area (Å²) >= 11 is 13.1. The van der Waals surface area contributed by atoms with Gasteiger partial charge in [-0.2, -0.15) is 0 Å². The van der Waals surface area contributed by atoms with Crippen molar-refractivity contribution < 1.29 is 14.3 Å². The van der Waals surface area contributed by atoms with E-state index in [0.717, 1.165) is 5.01 Å². The largest absolute Gasteiger partial charge is 0.484 e. The van der Waals surface area contributed by atoms with E-state index < -0.39 is 0 Å². The van der Waals surface area contributed by atoms with E-state index in [4.69, 9.17) is 27.9 Å². The van der Waals surface area contributed by atoms with Crippen molar-refractivity contribution in [3.63, 3.8) is 0 Å². The van der Waals surface area contributed by atoms with Gasteiger partial charge >= 0.3 is 0 Å². The summed E-state index contributed by atoms with van der Waals surface area (Å²) in [7, 11) is 0. The molecule has 1 heterocycles. The Labute approximate surface area is 165 Å². The van der Waals surface area contributed by atoms with Gasteiger partial charge in [0.15, 0.2) is 6.61 Å². The van der Waals surface area contributed by atoms with Crippen LogP contribution in [0.25, 0.3) is 0 Å². The molecule has 0 saturated carbocycles. The van der Waals surface area contributed by atoms with Gasteiger partial charge < -0.3 is 15.4 Å². The zero-order valence-corrected chi connectivity index (χ0v) is 16.3. The number of halogens is 2. The number of ether oxygens (including phenoxy) is 1. The third-order valence-electron chi connectivity index (χ3n) is 3.14. The summed E-state index contributed by atoms with van der Waals surface area (Å²) in [4.78, 5) is 27.8. The monoisotopic (exact) mass is 413 g/mol. The van der Waals surface area contributed by atoms with E-state index in [0.29, 0.717) is 40.2 Å². The highest BCUT2D eigenvalue weighted by Gasteiger charge is 2.10. The molecule has 0 atom stereocenters. The molecule has 2 amide bonds. The second-order valence-corrected chi connectivity index (χ2v) is 7.15. The van der Waals surface area contributed by atoms with Crippen molar-refractivity contribution in [3.8, 4) is 5.75 Å². The van der Waals surface area contributed by atoms with Crippen molar-refractivity contribution in [1.82, 2.24) is 15.6 Å². The summed E-state index contributed by atoms with van der Waals surface area (Å²) in [5.41, 5.74) is 0.861. The maximum absolute atomic E-state index is 11.8. The lowest BCUT2D eigenvalue weighted by atomic mass is 10.3. The van der Waals surface area contributed by atoms with Gasteiger partial charge in [-0.1, -0.05) is 29.8 Å². The normalized spacial score (nSPS) is 10.3. The Hall–Kier alpha value is -2.09. The van der Waals surface area contributed by atoms with E-state index >= 15 is 0 Å². The molecule has 2 N–H and O–H groups in total. The molecule has 9 heteroatoms. The van der Waals surface area contributed by atoms with Crippen LogP contribution in [0.5, 0.6) is 5.75 Å². The van der Waals surface area contributed by atoms with E-state index in [2.05, 4.69) is 22.2 Å². The molecule has 0 bridgehead atoms. The number of carbonyl (C=O) groups is 2. The number of nitrogens with zero attached hydrogens (tertiary/aromatic N) is 1. The van der Waals surface area contributed by atoms with E-state index in [1.165, 1.54) is 17.4 Å². The van der Waals surface area contributed by atoms with Crippen LogP contribution in [0.1, 0.15) is 21.9 Å². The average molecular weight is 414 g/mol. The van der Waals surface area contributed by atoms with Crippen molar-refractivity contribution in [1.29, 1.82) is 0 Å². The minimum atomic E-state index is -0.359. The van der Waals surface area contributed by atoms with Gasteiger partial charge in [-0.3, -0.25) is 9.59 Å². The Morgan fingerprint density at radius 3 is 2.73 bits per heavy atom. The molecule has 0 unspecified atom stereocenters. The summed E-state index contributed by atoms with van der Waals surface area (Å²) in [5, 5.41) is 8.61. The molecule has 138 valence electrons. The average Bonchev–Trinajstić information content (AvgIpc) is 3.02. The van der Waals surface area contributed by atoms with Crippen LogP contribution in [-0.2, 0) is 4.79 Å². The number of rotatable bonds is 8. The molecule has 6 nitrogen and oxygen atoms in total. The molecule has 0 fully saturated rings. The third kappa shape index (κ3) is 6.33. The first-order valence-electron chi connectivity index (χ1n) is 7.61. The van der Waals surface area contributed by atoms with E-state index in [1.807, 2.05) is 6.92 Å². The van der Waals surface area contributed by atoms with Crippen LogP contribution in [0.15, 0.2) is 35.9 Å². The number of nitrogens with one attached hydrogen (secondary N) is 2. The summed E-state index contributed by atoms with van der Waals surface area (Å²) in [6, 6.07) is 4.73. The molecule has 0 radical (unpaired) electrons. The molecule has 1 aromatic heterocycles. The quantitative estimate of drug-likeness (QED) is 0.692. The number of hydrogen-bond acceptors (Lipinski definition) is 5. The van der Waals surface area contributed by atoms with Gasteiger partial charge in [0.1, 0.15) is 11.4 Å². The Morgan fingerprint density at radius 1 is 1.31 bits per heavy atom. The van der Waals surface area contributed by atoms with Gasteiger partial charge in [0.05, 0.1) is 15.1 Å². The van der Waals surface area contributed by atoms with Crippen molar-refractivity contribution in [2.75, 3.05) is 13.2 Å². The second-order valence-electron chi connectivity index (χ2n) is 5.27. The number of benzene rings is 1. The zero-order valence-electron chi connectivity index (χ0n) is 14.0. The van der Waals surface area contributed by atoms with Gasteiger partial charge in [-0.25, -0.2) is 4.98 Å². The molecule has 1 aromatic carbocycles. The van der Waals surface area contributed by atoms with Crippen molar-refractivity contribution in [3.05, 3.63) is 56.6 Å². The lowest BCUT2D eigenvalue weighted by molar-refractivity contribution is -0.122. The van der Waals surface area contributed by atoms with E-state index in [1.54, 1.807) is 17.5 Å². The van der Waals surface area contributed by atoms with Gasteiger partial charge in [0, 0.05) is 30.1 Å². The molecular weight excluding hydrogens is 397 g/mol. The Balaban J connectivity index is 1.67. The predicted octanol–water partition coefficient (Wildman–Crippen LogP) is 3.59. The smallest absolute Gasteiger partial charge is 0.270 e. The van der Waals surface area contributed by atoms with Crippen LogP contribution in [0.2, 0.25) is 10.0 Å². The third-order valence-corrected chi connectivity index (χ3v) is 4.65. The van der Waals surface area contributed by atoms with Crippen LogP contribution in [0.3, 0.4) is 0 Å². The topological polar surface area (TPSA) is 80.3 Å². The first-order chi connectivity index (χ1) is 12.3. The molecule has 2 rings (SSSR count). The molecule has 0 spiro atoms. The lowest BCUT2D eigenvalue weighted by Crippen LogP contribution is -2.31. The number of thiazole rings is 1. The predicted molar refractivity (Wildman–Crippen MR) is 103 cm³/mol. The standard InChI is InChI=1S/C17H17Cl2N3O3S/c1-10(5-6-20-17(24)15-9-26-11(2)22-15)21-16(23)8-25-12-3-4-13(18)14(19)7-12/h3-4,7,9H,1,5-6,8H2,2H3,(H,20,24)(H,21,23). The highest BCUT2D eigenvalue weighted by Crippen LogP contribution is 2.26. The van der Waals surface area contributed by atoms with Gasteiger partial charge in [-0.15, -0.1) is 11.3 Å². The SMILES string of the molecule is C=C(CCNC(=O)c1csc(C)n1)NC(=O)COc1ccc(Cl)c(Cl)c1. The molecule has 2 aromatic rings. The van der Waals surface area contributed by atoms with Gasteiger partial charge in [0.2, 0.25) is 0 Å². The summed E-state index contributed by atoms with van der Waals surface area (Å²) in [6.45, 7) is 5.73. The fourth-order valence-electron chi connectivity index (χ4n) is 1.90. The summed E-state index contributed by atoms with van der Waals surface area (Å²) in [5.74, 6) is -0.176. The number of amides is 2. The van der Waals surface area contributed by atoms with Crippen LogP contribution >= 0.6 is 34.5 Å². The zero-order chi connectivity index (χ0) is 19.1. The molecular formula is C17H17Cl2N3O3S. The molecule has 0 saturated heterocycles. The van der Waals surface area contributed by atoms with Crippen LogP contribution in [0.4, 0.5) is 0 Å². The summed E-state index contributed by atoms with van der Waals surface area (Å²) < 4.78 is 5.33. The highest BCUT2D eigenvalue weighted by atomic mass is 35.5. The van der Waals surface area contributed by atoms with Crippen molar-refractivity contribution in [2.45, 2.75) is 13.3 Å². The second kappa shape index (κ2) is 9.56. The minimum Gasteiger partial charge on any atom is -0.484 e.